The predicted octanol–water partition coefficient (Wildman–Crippen LogP) is 3.01. The first-order valence-electron chi connectivity index (χ1n) is 5.17. The van der Waals surface area contributed by atoms with Gasteiger partial charge in [-0.15, -0.1) is 0 Å². The van der Waals surface area contributed by atoms with E-state index in [1.165, 1.54) is 22.4 Å². The molecule has 0 aliphatic rings. The van der Waals surface area contributed by atoms with Crippen LogP contribution in [0.2, 0.25) is 0 Å². The van der Waals surface area contributed by atoms with Crippen molar-refractivity contribution in [1.29, 1.82) is 0 Å². The van der Waals surface area contributed by atoms with Gasteiger partial charge >= 0.3 is 0 Å². The molecule has 0 atom stereocenters. The molecule has 78 valence electrons. The van der Waals surface area contributed by atoms with Crippen molar-refractivity contribution < 1.29 is 0 Å². The third-order valence-electron chi connectivity index (χ3n) is 2.82. The molecule has 1 heterocycles. The molecule has 1 aromatic carbocycles. The Bertz CT molecular complexity index is 495. The van der Waals surface area contributed by atoms with E-state index in [9.17, 15) is 0 Å². The fourth-order valence-electron chi connectivity index (χ4n) is 1.99. The van der Waals surface area contributed by atoms with E-state index in [4.69, 9.17) is 0 Å². The van der Waals surface area contributed by atoms with Crippen LogP contribution in [0.5, 0.6) is 0 Å². The second-order valence-electron chi connectivity index (χ2n) is 4.04. The lowest BCUT2D eigenvalue weighted by atomic mass is 10.0. The van der Waals surface area contributed by atoms with Crippen molar-refractivity contribution in [2.24, 2.45) is 7.05 Å². The standard InChI is InChI=1S/C13H16N2/c1-9-6-5-7-12(8-9)13-10(2)14-15(4)11(13)3/h5-8H,1-4H3. The van der Waals surface area contributed by atoms with Gasteiger partial charge in [-0.25, -0.2) is 0 Å². The van der Waals surface area contributed by atoms with Crippen LogP contribution in [-0.4, -0.2) is 9.78 Å². The highest BCUT2D eigenvalue weighted by Gasteiger charge is 2.10. The molecule has 0 aliphatic carbocycles. The zero-order chi connectivity index (χ0) is 11.0. The van der Waals surface area contributed by atoms with Crippen molar-refractivity contribution >= 4 is 0 Å². The largest absolute Gasteiger partial charge is 0.272 e. The molecule has 0 saturated carbocycles. The first kappa shape index (κ1) is 9.97. The lowest BCUT2D eigenvalue weighted by molar-refractivity contribution is 0.731. The molecule has 0 amide bonds. The van der Waals surface area contributed by atoms with E-state index in [1.54, 1.807) is 0 Å². The lowest BCUT2D eigenvalue weighted by Crippen LogP contribution is -1.92. The van der Waals surface area contributed by atoms with Crippen molar-refractivity contribution in [3.8, 4) is 11.1 Å². The molecule has 2 rings (SSSR count). The molecule has 0 saturated heterocycles. The minimum Gasteiger partial charge on any atom is -0.272 e. The summed E-state index contributed by atoms with van der Waals surface area (Å²) < 4.78 is 1.94. The van der Waals surface area contributed by atoms with Gasteiger partial charge in [0.25, 0.3) is 0 Å². The number of rotatable bonds is 1. The zero-order valence-electron chi connectivity index (χ0n) is 9.70. The Balaban J connectivity index is 2.63. The zero-order valence-corrected chi connectivity index (χ0v) is 9.70. The Labute approximate surface area is 90.6 Å². The van der Waals surface area contributed by atoms with Crippen molar-refractivity contribution in [2.75, 3.05) is 0 Å². The van der Waals surface area contributed by atoms with Crippen LogP contribution in [-0.2, 0) is 7.05 Å². The van der Waals surface area contributed by atoms with Crippen LogP contribution in [0.4, 0.5) is 0 Å². The van der Waals surface area contributed by atoms with Gasteiger partial charge in [-0.3, -0.25) is 4.68 Å². The third-order valence-corrected chi connectivity index (χ3v) is 2.82. The van der Waals surface area contributed by atoms with E-state index in [0.29, 0.717) is 0 Å². The minimum atomic E-state index is 1.10. The van der Waals surface area contributed by atoms with E-state index >= 15 is 0 Å². The molecule has 2 aromatic rings. The second kappa shape index (κ2) is 3.54. The average Bonchev–Trinajstić information content (AvgIpc) is 2.41. The number of aromatic nitrogens is 2. The molecule has 0 aliphatic heterocycles. The van der Waals surface area contributed by atoms with Crippen LogP contribution in [0.15, 0.2) is 24.3 Å². The SMILES string of the molecule is Cc1cccc(-c2c(C)nn(C)c2C)c1. The number of hydrogen-bond acceptors (Lipinski definition) is 1. The molecule has 15 heavy (non-hydrogen) atoms. The maximum Gasteiger partial charge on any atom is 0.0674 e. The summed E-state index contributed by atoms with van der Waals surface area (Å²) in [6, 6.07) is 8.56. The smallest absolute Gasteiger partial charge is 0.0674 e. The van der Waals surface area contributed by atoms with Crippen LogP contribution < -0.4 is 0 Å². The molecule has 2 nitrogen and oxygen atoms in total. The summed E-state index contributed by atoms with van der Waals surface area (Å²) in [5.74, 6) is 0. The maximum atomic E-state index is 4.43. The normalized spacial score (nSPS) is 10.7. The van der Waals surface area contributed by atoms with Crippen LogP contribution in [0.3, 0.4) is 0 Å². The van der Waals surface area contributed by atoms with Gasteiger partial charge in [0.2, 0.25) is 0 Å². The van der Waals surface area contributed by atoms with Gasteiger partial charge in [0, 0.05) is 18.3 Å². The van der Waals surface area contributed by atoms with Gasteiger partial charge in [0.05, 0.1) is 5.69 Å². The Kier molecular flexibility index (Phi) is 2.35. The molecular weight excluding hydrogens is 184 g/mol. The van der Waals surface area contributed by atoms with E-state index in [1.807, 2.05) is 11.7 Å². The molecule has 0 spiro atoms. The molecule has 0 fully saturated rings. The summed E-state index contributed by atoms with van der Waals surface area (Å²) in [7, 11) is 1.99. The monoisotopic (exact) mass is 200 g/mol. The topological polar surface area (TPSA) is 17.8 Å². The quantitative estimate of drug-likeness (QED) is 0.692. The van der Waals surface area contributed by atoms with Gasteiger partial charge in [0.1, 0.15) is 0 Å². The van der Waals surface area contributed by atoms with Crippen molar-refractivity contribution in [1.82, 2.24) is 9.78 Å². The van der Waals surface area contributed by atoms with Crippen LogP contribution in [0, 0.1) is 20.8 Å². The fourth-order valence-corrected chi connectivity index (χ4v) is 1.99. The highest BCUT2D eigenvalue weighted by molar-refractivity contribution is 5.68. The summed E-state index contributed by atoms with van der Waals surface area (Å²) in [5.41, 5.74) is 6.13. The van der Waals surface area contributed by atoms with E-state index < -0.39 is 0 Å². The molecule has 0 bridgehead atoms. The van der Waals surface area contributed by atoms with Crippen molar-refractivity contribution in [2.45, 2.75) is 20.8 Å². The number of hydrogen-bond donors (Lipinski definition) is 0. The summed E-state index contributed by atoms with van der Waals surface area (Å²) in [6.07, 6.45) is 0. The Morgan fingerprint density at radius 2 is 1.87 bits per heavy atom. The van der Waals surface area contributed by atoms with E-state index in [-0.39, 0.29) is 0 Å². The van der Waals surface area contributed by atoms with Crippen LogP contribution >= 0.6 is 0 Å². The van der Waals surface area contributed by atoms with Gasteiger partial charge in [-0.1, -0.05) is 29.8 Å². The van der Waals surface area contributed by atoms with Gasteiger partial charge in [-0.05, 0) is 26.3 Å². The van der Waals surface area contributed by atoms with Crippen molar-refractivity contribution in [3.63, 3.8) is 0 Å². The maximum absolute atomic E-state index is 4.43. The highest BCUT2D eigenvalue weighted by atomic mass is 15.3. The third kappa shape index (κ3) is 1.67. The lowest BCUT2D eigenvalue weighted by Gasteiger charge is -2.03. The molecule has 0 radical (unpaired) electrons. The Morgan fingerprint density at radius 1 is 1.13 bits per heavy atom. The first-order chi connectivity index (χ1) is 7.09. The molecule has 1 aromatic heterocycles. The molecular formula is C13H16N2. The molecule has 2 heteroatoms. The average molecular weight is 200 g/mol. The molecule has 0 N–H and O–H groups in total. The first-order valence-corrected chi connectivity index (χ1v) is 5.17. The summed E-state index contributed by atoms with van der Waals surface area (Å²) >= 11 is 0. The van der Waals surface area contributed by atoms with Crippen LogP contribution in [0.25, 0.3) is 11.1 Å². The Hall–Kier alpha value is -1.57. The van der Waals surface area contributed by atoms with Gasteiger partial charge < -0.3 is 0 Å². The summed E-state index contributed by atoms with van der Waals surface area (Å²) in [4.78, 5) is 0. The Morgan fingerprint density at radius 3 is 2.40 bits per heavy atom. The van der Waals surface area contributed by atoms with Crippen LogP contribution in [0.1, 0.15) is 17.0 Å². The van der Waals surface area contributed by atoms with Crippen molar-refractivity contribution in [3.05, 3.63) is 41.2 Å². The van der Waals surface area contributed by atoms with E-state index in [2.05, 4.69) is 50.1 Å². The van der Waals surface area contributed by atoms with Gasteiger partial charge in [0.15, 0.2) is 0 Å². The minimum absolute atomic E-state index is 1.10. The molecule has 0 unspecified atom stereocenters. The van der Waals surface area contributed by atoms with E-state index in [0.717, 1.165) is 5.69 Å². The number of nitrogens with zero attached hydrogens (tertiary/aromatic N) is 2. The number of benzene rings is 1. The highest BCUT2D eigenvalue weighted by Crippen LogP contribution is 2.26. The predicted molar refractivity (Wildman–Crippen MR) is 62.9 cm³/mol. The fraction of sp³-hybridized carbons (Fsp3) is 0.308. The summed E-state index contributed by atoms with van der Waals surface area (Å²) in [6.45, 7) is 6.28. The number of aryl methyl sites for hydroxylation is 3. The summed E-state index contributed by atoms with van der Waals surface area (Å²) in [5, 5.41) is 4.43. The van der Waals surface area contributed by atoms with Gasteiger partial charge in [-0.2, -0.15) is 5.10 Å². The second-order valence-corrected chi connectivity index (χ2v) is 4.04.